The van der Waals surface area contributed by atoms with E-state index in [0.29, 0.717) is 0 Å². The number of hydrogen-bond acceptors (Lipinski definition) is 4. The summed E-state index contributed by atoms with van der Waals surface area (Å²) >= 11 is 0. The largest absolute Gasteiger partial charge is 0.390 e. The number of pyridine rings is 1. The van der Waals surface area contributed by atoms with Gasteiger partial charge in [-0.05, 0) is 43.4 Å². The minimum atomic E-state index is -0.468. The molecule has 4 rings (SSSR count). The van der Waals surface area contributed by atoms with Crippen LogP contribution in [-0.2, 0) is 6.42 Å². The van der Waals surface area contributed by atoms with Gasteiger partial charge in [0.05, 0.1) is 11.1 Å². The number of benzene rings is 1. The minimum absolute atomic E-state index is 0.468. The molecule has 134 valence electrons. The first kappa shape index (κ1) is 16.8. The molecule has 0 unspecified atom stereocenters. The van der Waals surface area contributed by atoms with Gasteiger partial charge in [0.25, 0.3) is 0 Å². The number of nitrogens with one attached hydrogen (secondary N) is 1. The lowest BCUT2D eigenvalue weighted by Crippen LogP contribution is -2.44. The topological polar surface area (TPSA) is 48.4 Å². The number of para-hydroxylation sites is 1. The molecule has 2 heterocycles. The minimum Gasteiger partial charge on any atom is -0.390 e. The Bertz CT molecular complexity index is 718. The third kappa shape index (κ3) is 3.80. The van der Waals surface area contributed by atoms with Gasteiger partial charge in [-0.3, -0.25) is 0 Å². The SMILES string of the molecule is OC1(CCc2cc3ccccc3nc2N2CCNCC2)CCCCC1. The van der Waals surface area contributed by atoms with Crippen LogP contribution < -0.4 is 10.2 Å². The first-order chi connectivity index (χ1) is 12.2. The van der Waals surface area contributed by atoms with Crippen molar-refractivity contribution in [2.45, 2.75) is 50.5 Å². The second-order valence-corrected chi connectivity index (χ2v) is 7.69. The Labute approximate surface area is 150 Å². The molecule has 4 nitrogen and oxygen atoms in total. The Kier molecular flexibility index (Phi) is 4.91. The summed E-state index contributed by atoms with van der Waals surface area (Å²) in [6.07, 6.45) is 7.27. The van der Waals surface area contributed by atoms with Gasteiger partial charge < -0.3 is 15.3 Å². The fourth-order valence-corrected chi connectivity index (χ4v) is 4.31. The van der Waals surface area contributed by atoms with E-state index >= 15 is 0 Å². The molecule has 2 fully saturated rings. The molecule has 0 bridgehead atoms. The van der Waals surface area contributed by atoms with Crippen LogP contribution in [0.5, 0.6) is 0 Å². The van der Waals surface area contributed by atoms with Crippen molar-refractivity contribution in [1.29, 1.82) is 0 Å². The summed E-state index contributed by atoms with van der Waals surface area (Å²) in [5.74, 6) is 1.12. The van der Waals surface area contributed by atoms with Crippen molar-refractivity contribution in [3.63, 3.8) is 0 Å². The van der Waals surface area contributed by atoms with Crippen molar-refractivity contribution >= 4 is 16.7 Å². The molecule has 0 amide bonds. The zero-order chi connectivity index (χ0) is 17.1. The third-order valence-electron chi connectivity index (χ3n) is 5.84. The van der Waals surface area contributed by atoms with Gasteiger partial charge in [0, 0.05) is 31.6 Å². The van der Waals surface area contributed by atoms with E-state index in [2.05, 4.69) is 40.5 Å². The molecule has 25 heavy (non-hydrogen) atoms. The van der Waals surface area contributed by atoms with E-state index in [1.807, 2.05) is 0 Å². The molecule has 0 atom stereocenters. The van der Waals surface area contributed by atoms with E-state index in [1.165, 1.54) is 17.4 Å². The highest BCUT2D eigenvalue weighted by molar-refractivity contribution is 5.81. The van der Waals surface area contributed by atoms with Crippen molar-refractivity contribution in [2.24, 2.45) is 0 Å². The maximum Gasteiger partial charge on any atom is 0.132 e. The molecule has 1 aliphatic carbocycles. The second kappa shape index (κ2) is 7.30. The van der Waals surface area contributed by atoms with Crippen molar-refractivity contribution in [1.82, 2.24) is 10.3 Å². The van der Waals surface area contributed by atoms with E-state index in [0.717, 1.165) is 76.0 Å². The summed E-state index contributed by atoms with van der Waals surface area (Å²) in [7, 11) is 0. The summed E-state index contributed by atoms with van der Waals surface area (Å²) in [6, 6.07) is 10.7. The first-order valence-corrected chi connectivity index (χ1v) is 9.80. The number of fused-ring (bicyclic) bond motifs is 1. The molecular formula is C21H29N3O. The van der Waals surface area contributed by atoms with Crippen LogP contribution in [0.4, 0.5) is 5.82 Å². The quantitative estimate of drug-likeness (QED) is 0.897. The maximum absolute atomic E-state index is 10.9. The van der Waals surface area contributed by atoms with E-state index < -0.39 is 5.60 Å². The van der Waals surface area contributed by atoms with Crippen molar-refractivity contribution in [2.75, 3.05) is 31.1 Å². The summed E-state index contributed by atoms with van der Waals surface area (Å²) in [6.45, 7) is 4.03. The number of aromatic nitrogens is 1. The van der Waals surface area contributed by atoms with Gasteiger partial charge in [-0.1, -0.05) is 37.5 Å². The molecule has 1 aromatic heterocycles. The van der Waals surface area contributed by atoms with Gasteiger partial charge in [0.2, 0.25) is 0 Å². The molecule has 1 aliphatic heterocycles. The van der Waals surface area contributed by atoms with Crippen LogP contribution in [0, 0.1) is 0 Å². The average molecular weight is 339 g/mol. The predicted molar refractivity (Wildman–Crippen MR) is 103 cm³/mol. The molecule has 0 radical (unpaired) electrons. The van der Waals surface area contributed by atoms with Crippen molar-refractivity contribution in [3.8, 4) is 0 Å². The molecule has 1 aromatic carbocycles. The number of anilines is 1. The number of nitrogens with zero attached hydrogens (tertiary/aromatic N) is 2. The van der Waals surface area contributed by atoms with Crippen LogP contribution >= 0.6 is 0 Å². The fraction of sp³-hybridized carbons (Fsp3) is 0.571. The Morgan fingerprint density at radius 1 is 1.08 bits per heavy atom. The molecule has 2 aliphatic rings. The smallest absolute Gasteiger partial charge is 0.132 e. The highest BCUT2D eigenvalue weighted by Crippen LogP contribution is 2.33. The van der Waals surface area contributed by atoms with Crippen LogP contribution in [0.1, 0.15) is 44.1 Å². The number of aryl methyl sites for hydroxylation is 1. The fourth-order valence-electron chi connectivity index (χ4n) is 4.31. The molecule has 2 N–H and O–H groups in total. The Morgan fingerprint density at radius 2 is 1.84 bits per heavy atom. The van der Waals surface area contributed by atoms with Gasteiger partial charge in [-0.25, -0.2) is 4.98 Å². The predicted octanol–water partition coefficient (Wildman–Crippen LogP) is 3.27. The Balaban J connectivity index is 1.62. The lowest BCUT2D eigenvalue weighted by molar-refractivity contribution is -0.00340. The van der Waals surface area contributed by atoms with E-state index in [-0.39, 0.29) is 0 Å². The van der Waals surface area contributed by atoms with E-state index in [1.54, 1.807) is 0 Å². The van der Waals surface area contributed by atoms with Gasteiger partial charge in [0.15, 0.2) is 0 Å². The third-order valence-corrected chi connectivity index (χ3v) is 5.84. The molecule has 1 saturated heterocycles. The lowest BCUT2D eigenvalue weighted by atomic mass is 9.81. The van der Waals surface area contributed by atoms with Crippen LogP contribution in [-0.4, -0.2) is 41.9 Å². The molecular weight excluding hydrogens is 310 g/mol. The highest BCUT2D eigenvalue weighted by atomic mass is 16.3. The summed E-state index contributed by atoms with van der Waals surface area (Å²) in [5, 5.41) is 15.5. The molecule has 1 saturated carbocycles. The van der Waals surface area contributed by atoms with Crippen molar-refractivity contribution < 1.29 is 5.11 Å². The number of aliphatic hydroxyl groups is 1. The molecule has 2 aromatic rings. The number of rotatable bonds is 4. The molecule has 0 spiro atoms. The summed E-state index contributed by atoms with van der Waals surface area (Å²) in [4.78, 5) is 7.41. The van der Waals surface area contributed by atoms with Gasteiger partial charge >= 0.3 is 0 Å². The van der Waals surface area contributed by atoms with Crippen molar-refractivity contribution in [3.05, 3.63) is 35.9 Å². The second-order valence-electron chi connectivity index (χ2n) is 7.69. The average Bonchev–Trinajstić information content (AvgIpc) is 2.67. The highest BCUT2D eigenvalue weighted by Gasteiger charge is 2.29. The first-order valence-electron chi connectivity index (χ1n) is 9.80. The lowest BCUT2D eigenvalue weighted by Gasteiger charge is -2.33. The zero-order valence-electron chi connectivity index (χ0n) is 15.0. The van der Waals surface area contributed by atoms with Crippen LogP contribution in [0.15, 0.2) is 30.3 Å². The molecule has 4 heteroatoms. The maximum atomic E-state index is 10.9. The van der Waals surface area contributed by atoms with E-state index in [4.69, 9.17) is 4.98 Å². The number of hydrogen-bond donors (Lipinski definition) is 2. The standard InChI is InChI=1S/C21H29N3O/c25-21(9-4-1-5-10-21)11-8-18-16-17-6-2-3-7-19(17)23-20(18)24-14-12-22-13-15-24/h2-3,6-7,16,22,25H,1,4-5,8-15H2. The monoisotopic (exact) mass is 339 g/mol. The van der Waals surface area contributed by atoms with Gasteiger partial charge in [-0.15, -0.1) is 0 Å². The van der Waals surface area contributed by atoms with Gasteiger partial charge in [-0.2, -0.15) is 0 Å². The normalized spacial score (nSPS) is 20.8. The number of piperazine rings is 1. The van der Waals surface area contributed by atoms with Crippen LogP contribution in [0.2, 0.25) is 0 Å². The van der Waals surface area contributed by atoms with E-state index in [9.17, 15) is 5.11 Å². The Morgan fingerprint density at radius 3 is 2.64 bits per heavy atom. The van der Waals surface area contributed by atoms with Crippen LogP contribution in [0.25, 0.3) is 10.9 Å². The summed E-state index contributed by atoms with van der Waals surface area (Å²) < 4.78 is 0. The summed E-state index contributed by atoms with van der Waals surface area (Å²) in [5.41, 5.74) is 1.89. The van der Waals surface area contributed by atoms with Gasteiger partial charge in [0.1, 0.15) is 5.82 Å². The Hall–Kier alpha value is -1.65. The van der Waals surface area contributed by atoms with Crippen LogP contribution in [0.3, 0.4) is 0 Å². The zero-order valence-corrected chi connectivity index (χ0v) is 15.0.